The number of hydrogen-bond acceptors (Lipinski definition) is 1. The van der Waals surface area contributed by atoms with Crippen molar-refractivity contribution in [3.8, 4) is 62.0 Å². The van der Waals surface area contributed by atoms with Crippen LogP contribution in [0.3, 0.4) is 0 Å². The van der Waals surface area contributed by atoms with Crippen molar-refractivity contribution in [2.75, 3.05) is 0 Å². The van der Waals surface area contributed by atoms with E-state index in [1.807, 2.05) is 24.3 Å². The van der Waals surface area contributed by atoms with E-state index in [4.69, 9.17) is 0 Å². The molecule has 0 aliphatic rings. The summed E-state index contributed by atoms with van der Waals surface area (Å²) >= 11 is 0. The minimum atomic E-state index is 0.663. The van der Waals surface area contributed by atoms with Gasteiger partial charge in [-0.25, -0.2) is 0 Å². The lowest BCUT2D eigenvalue weighted by Crippen LogP contribution is -1.94. The Morgan fingerprint density at radius 2 is 0.724 bits per heavy atom. The molecule has 0 bridgehead atoms. The van der Waals surface area contributed by atoms with Gasteiger partial charge in [0.05, 0.1) is 33.7 Å². The molecule has 3 nitrogen and oxygen atoms in total. The highest BCUT2D eigenvalue weighted by Gasteiger charge is 2.17. The molecule has 0 fully saturated rings. The third kappa shape index (κ3) is 5.59. The smallest absolute Gasteiger partial charge is 0.0991 e. The molecule has 58 heavy (non-hydrogen) atoms. The lowest BCUT2D eigenvalue weighted by molar-refractivity contribution is 1.18. The van der Waals surface area contributed by atoms with Crippen LogP contribution in [0.15, 0.2) is 212 Å². The number of hydrogen-bond donors (Lipinski definition) is 0. The summed E-state index contributed by atoms with van der Waals surface area (Å²) < 4.78 is 4.79. The molecule has 11 rings (SSSR count). The first-order chi connectivity index (χ1) is 28.7. The van der Waals surface area contributed by atoms with Crippen LogP contribution < -0.4 is 0 Å². The summed E-state index contributed by atoms with van der Waals surface area (Å²) in [6.45, 7) is 0. The number of aromatic nitrogens is 2. The standard InChI is InChI=1S/C55H35N3/c56-36-37-18-20-40(21-19-37)41-22-27-46(28-23-41)57-53-30-25-44(34-51(53)49-29-24-45(35-55(49)57)39-12-5-2-6-13-39)43-26-31-54-50(33-43)48-16-7-8-17-52(48)58(54)47-15-9-14-42(32-47)38-10-3-1-4-11-38/h1-35H. The molecule has 270 valence electrons. The van der Waals surface area contributed by atoms with E-state index in [1.54, 1.807) is 0 Å². The molecule has 0 aliphatic heterocycles. The first-order valence-electron chi connectivity index (χ1n) is 19.6. The lowest BCUT2D eigenvalue weighted by Gasteiger charge is -2.11. The van der Waals surface area contributed by atoms with Gasteiger partial charge in [-0.2, -0.15) is 5.26 Å². The minimum Gasteiger partial charge on any atom is -0.309 e. The van der Waals surface area contributed by atoms with Gasteiger partial charge in [-0.3, -0.25) is 0 Å². The average molecular weight is 738 g/mol. The summed E-state index contributed by atoms with van der Waals surface area (Å²) in [7, 11) is 0. The molecule has 0 saturated carbocycles. The molecule has 0 amide bonds. The van der Waals surface area contributed by atoms with Crippen molar-refractivity contribution >= 4 is 43.6 Å². The molecule has 0 radical (unpaired) electrons. The second-order valence-corrected chi connectivity index (χ2v) is 14.9. The van der Waals surface area contributed by atoms with Crippen LogP contribution in [0, 0.1) is 11.3 Å². The zero-order valence-electron chi connectivity index (χ0n) is 31.5. The lowest BCUT2D eigenvalue weighted by atomic mass is 9.99. The van der Waals surface area contributed by atoms with E-state index in [2.05, 4.69) is 203 Å². The highest BCUT2D eigenvalue weighted by atomic mass is 15.0. The van der Waals surface area contributed by atoms with E-state index < -0.39 is 0 Å². The molecule has 0 spiro atoms. The zero-order chi connectivity index (χ0) is 38.6. The summed E-state index contributed by atoms with van der Waals surface area (Å²) in [6.07, 6.45) is 0. The minimum absolute atomic E-state index is 0.663. The van der Waals surface area contributed by atoms with Crippen LogP contribution in [-0.4, -0.2) is 9.13 Å². The zero-order valence-corrected chi connectivity index (χ0v) is 31.5. The van der Waals surface area contributed by atoms with Gasteiger partial charge in [0, 0.05) is 32.9 Å². The molecule has 0 saturated heterocycles. The first kappa shape index (κ1) is 33.4. The molecule has 0 N–H and O–H groups in total. The Balaban J connectivity index is 1.05. The average Bonchev–Trinajstić information content (AvgIpc) is 3.81. The van der Waals surface area contributed by atoms with Gasteiger partial charge in [0.1, 0.15) is 0 Å². The van der Waals surface area contributed by atoms with E-state index in [-0.39, 0.29) is 0 Å². The molecule has 0 unspecified atom stereocenters. The number of nitrogens with zero attached hydrogens (tertiary/aromatic N) is 3. The molecule has 2 aromatic heterocycles. The topological polar surface area (TPSA) is 33.6 Å². The fourth-order valence-corrected chi connectivity index (χ4v) is 8.71. The van der Waals surface area contributed by atoms with Crippen molar-refractivity contribution < 1.29 is 0 Å². The number of fused-ring (bicyclic) bond motifs is 6. The third-order valence-corrected chi connectivity index (χ3v) is 11.6. The van der Waals surface area contributed by atoms with Gasteiger partial charge in [0.25, 0.3) is 0 Å². The van der Waals surface area contributed by atoms with Crippen LogP contribution in [0.5, 0.6) is 0 Å². The number of benzene rings is 9. The number of rotatable bonds is 6. The fourth-order valence-electron chi connectivity index (χ4n) is 8.71. The van der Waals surface area contributed by atoms with Gasteiger partial charge >= 0.3 is 0 Å². The maximum atomic E-state index is 9.29. The summed E-state index contributed by atoms with van der Waals surface area (Å²) in [4.78, 5) is 0. The fraction of sp³-hybridized carbons (Fsp3) is 0. The Morgan fingerprint density at radius 1 is 0.276 bits per heavy atom. The summed E-state index contributed by atoms with van der Waals surface area (Å²) in [5, 5.41) is 14.2. The molecular formula is C55H35N3. The largest absolute Gasteiger partial charge is 0.309 e. The van der Waals surface area contributed by atoms with Crippen molar-refractivity contribution in [2.24, 2.45) is 0 Å². The van der Waals surface area contributed by atoms with Crippen molar-refractivity contribution in [1.29, 1.82) is 5.26 Å². The molecular weight excluding hydrogens is 703 g/mol. The van der Waals surface area contributed by atoms with Crippen LogP contribution in [0.25, 0.3) is 99.5 Å². The second-order valence-electron chi connectivity index (χ2n) is 14.9. The van der Waals surface area contributed by atoms with E-state index in [1.165, 1.54) is 66.0 Å². The second kappa shape index (κ2) is 13.7. The molecule has 0 aliphatic carbocycles. The van der Waals surface area contributed by atoms with Crippen LogP contribution in [0.2, 0.25) is 0 Å². The van der Waals surface area contributed by atoms with Crippen LogP contribution in [0.1, 0.15) is 5.56 Å². The van der Waals surface area contributed by atoms with Crippen LogP contribution in [-0.2, 0) is 0 Å². The molecule has 0 atom stereocenters. The monoisotopic (exact) mass is 737 g/mol. The van der Waals surface area contributed by atoms with Gasteiger partial charge in [-0.05, 0) is 117 Å². The maximum Gasteiger partial charge on any atom is 0.0991 e. The van der Waals surface area contributed by atoms with E-state index in [9.17, 15) is 5.26 Å². The van der Waals surface area contributed by atoms with Crippen LogP contribution >= 0.6 is 0 Å². The highest BCUT2D eigenvalue weighted by Crippen LogP contribution is 2.40. The van der Waals surface area contributed by atoms with Gasteiger partial charge in [0.15, 0.2) is 0 Å². The van der Waals surface area contributed by atoms with Crippen LogP contribution in [0.4, 0.5) is 0 Å². The van der Waals surface area contributed by atoms with Crippen molar-refractivity contribution in [3.05, 3.63) is 218 Å². The van der Waals surface area contributed by atoms with Gasteiger partial charge in [0.2, 0.25) is 0 Å². The van der Waals surface area contributed by atoms with Crippen molar-refractivity contribution in [3.63, 3.8) is 0 Å². The Labute approximate surface area is 336 Å². The quantitative estimate of drug-likeness (QED) is 0.167. The van der Waals surface area contributed by atoms with Crippen molar-refractivity contribution in [2.45, 2.75) is 0 Å². The maximum absolute atomic E-state index is 9.29. The number of nitriles is 1. The predicted molar refractivity (Wildman–Crippen MR) is 242 cm³/mol. The molecule has 11 aromatic rings. The first-order valence-corrected chi connectivity index (χ1v) is 19.6. The van der Waals surface area contributed by atoms with Gasteiger partial charge in [-0.15, -0.1) is 0 Å². The summed E-state index contributed by atoms with van der Waals surface area (Å²) in [5.41, 5.74) is 17.0. The van der Waals surface area contributed by atoms with Gasteiger partial charge < -0.3 is 9.13 Å². The van der Waals surface area contributed by atoms with E-state index in [0.29, 0.717) is 5.56 Å². The summed E-state index contributed by atoms with van der Waals surface area (Å²) in [5.74, 6) is 0. The molecule has 2 heterocycles. The normalized spacial score (nSPS) is 11.4. The van der Waals surface area contributed by atoms with E-state index >= 15 is 0 Å². The highest BCUT2D eigenvalue weighted by molar-refractivity contribution is 6.13. The Kier molecular flexibility index (Phi) is 7.88. The number of para-hydroxylation sites is 1. The van der Waals surface area contributed by atoms with Gasteiger partial charge in [-0.1, -0.05) is 140 Å². The Morgan fingerprint density at radius 3 is 1.36 bits per heavy atom. The molecule has 3 heteroatoms. The SMILES string of the molecule is N#Cc1ccc(-c2ccc(-n3c4ccc(-c5ccc6c(c5)c5ccccc5n6-c5cccc(-c6ccccc6)c5)cc4c4ccc(-c5ccccc5)cc43)cc2)cc1. The van der Waals surface area contributed by atoms with E-state index in [0.717, 1.165) is 33.5 Å². The predicted octanol–water partition coefficient (Wildman–Crippen LogP) is 14.4. The Bertz CT molecular complexity index is 3360. The van der Waals surface area contributed by atoms with Crippen molar-refractivity contribution in [1.82, 2.24) is 9.13 Å². The molecule has 9 aromatic carbocycles. The summed E-state index contributed by atoms with van der Waals surface area (Å²) in [6, 6.07) is 78.2. The third-order valence-electron chi connectivity index (χ3n) is 11.6. The Hall–Kier alpha value is -7.93.